The Morgan fingerprint density at radius 3 is 2.36 bits per heavy atom. The van der Waals surface area contributed by atoms with Crippen molar-refractivity contribution in [2.75, 3.05) is 7.11 Å². The minimum absolute atomic E-state index is 0.863. The molecule has 0 aliphatic carbocycles. The van der Waals surface area contributed by atoms with E-state index in [1.165, 1.54) is 0 Å². The second-order valence-corrected chi connectivity index (χ2v) is 1.84. The fourth-order valence-corrected chi connectivity index (χ4v) is 0.647. The Labute approximate surface area is 68.2 Å². The van der Waals surface area contributed by atoms with Gasteiger partial charge in [-0.25, -0.2) is 0 Å². The zero-order valence-electron chi connectivity index (χ0n) is 7.59. The summed E-state index contributed by atoms with van der Waals surface area (Å²) >= 11 is 0. The van der Waals surface area contributed by atoms with Crippen molar-refractivity contribution in [1.29, 1.82) is 0 Å². The van der Waals surface area contributed by atoms with Gasteiger partial charge in [0, 0.05) is 18.0 Å². The number of methoxy groups -OCH3 is 1. The van der Waals surface area contributed by atoms with Gasteiger partial charge in [-0.1, -0.05) is 13.8 Å². The molecule has 1 rings (SSSR count). The van der Waals surface area contributed by atoms with E-state index in [1.807, 2.05) is 32.9 Å². The van der Waals surface area contributed by atoms with Crippen molar-refractivity contribution in [3.8, 4) is 5.75 Å². The molecular weight excluding hydrogens is 138 g/mol. The van der Waals surface area contributed by atoms with Crippen molar-refractivity contribution in [2.45, 2.75) is 20.8 Å². The predicted molar refractivity (Wildman–Crippen MR) is 46.9 cm³/mol. The van der Waals surface area contributed by atoms with Crippen LogP contribution in [0.3, 0.4) is 0 Å². The first-order chi connectivity index (χ1) is 5.33. The first-order valence-electron chi connectivity index (χ1n) is 3.79. The molecule has 0 spiro atoms. The molecule has 0 N–H and O–H groups in total. The van der Waals surface area contributed by atoms with Gasteiger partial charge in [-0.3, -0.25) is 4.98 Å². The highest BCUT2D eigenvalue weighted by atomic mass is 16.5. The van der Waals surface area contributed by atoms with E-state index in [2.05, 4.69) is 4.98 Å². The van der Waals surface area contributed by atoms with E-state index < -0.39 is 0 Å². The molecule has 0 radical (unpaired) electrons. The fraction of sp³-hybridized carbons (Fsp3) is 0.444. The van der Waals surface area contributed by atoms with Crippen LogP contribution in [0.2, 0.25) is 0 Å². The van der Waals surface area contributed by atoms with Gasteiger partial charge >= 0.3 is 0 Å². The topological polar surface area (TPSA) is 22.1 Å². The van der Waals surface area contributed by atoms with Gasteiger partial charge in [0.2, 0.25) is 0 Å². The SMILES string of the molecule is CC.COc1ccnc(C)c1. The van der Waals surface area contributed by atoms with E-state index >= 15 is 0 Å². The Morgan fingerprint density at radius 2 is 2.00 bits per heavy atom. The lowest BCUT2D eigenvalue weighted by molar-refractivity contribution is 0.414. The summed E-state index contributed by atoms with van der Waals surface area (Å²) in [4.78, 5) is 4.01. The van der Waals surface area contributed by atoms with Crippen molar-refractivity contribution >= 4 is 0 Å². The molecule has 0 saturated heterocycles. The Kier molecular flexibility index (Phi) is 5.17. The lowest BCUT2D eigenvalue weighted by Gasteiger charge is -1.97. The first kappa shape index (κ1) is 9.95. The van der Waals surface area contributed by atoms with E-state index in [9.17, 15) is 0 Å². The third-order valence-corrected chi connectivity index (χ3v) is 1.10. The fourth-order valence-electron chi connectivity index (χ4n) is 0.647. The zero-order chi connectivity index (χ0) is 8.69. The molecule has 1 aromatic heterocycles. The van der Waals surface area contributed by atoms with Crippen LogP contribution < -0.4 is 4.74 Å². The minimum Gasteiger partial charge on any atom is -0.497 e. The Bertz CT molecular complexity index is 199. The van der Waals surface area contributed by atoms with Gasteiger partial charge in [0.1, 0.15) is 5.75 Å². The van der Waals surface area contributed by atoms with E-state index in [0.717, 1.165) is 11.4 Å². The highest BCUT2D eigenvalue weighted by Gasteiger charge is 1.87. The molecule has 1 heterocycles. The summed E-state index contributed by atoms with van der Waals surface area (Å²) in [6, 6.07) is 3.72. The van der Waals surface area contributed by atoms with Crippen LogP contribution in [0.1, 0.15) is 19.5 Å². The molecule has 0 saturated carbocycles. The second-order valence-electron chi connectivity index (χ2n) is 1.84. The number of aromatic nitrogens is 1. The van der Waals surface area contributed by atoms with Crippen LogP contribution in [0.4, 0.5) is 0 Å². The molecule has 0 amide bonds. The quantitative estimate of drug-likeness (QED) is 0.618. The summed E-state index contributed by atoms with van der Waals surface area (Å²) in [5.74, 6) is 0.863. The van der Waals surface area contributed by atoms with Gasteiger partial charge in [0.25, 0.3) is 0 Å². The third-order valence-electron chi connectivity index (χ3n) is 1.10. The molecule has 0 aromatic carbocycles. The molecule has 62 valence electrons. The summed E-state index contributed by atoms with van der Waals surface area (Å²) in [6.45, 7) is 5.93. The van der Waals surface area contributed by atoms with Gasteiger partial charge in [0.05, 0.1) is 7.11 Å². The molecule has 2 nitrogen and oxygen atoms in total. The number of pyridine rings is 1. The Balaban J connectivity index is 0.000000461. The summed E-state index contributed by atoms with van der Waals surface area (Å²) in [6.07, 6.45) is 1.73. The molecular formula is C9H15NO. The highest BCUT2D eigenvalue weighted by molar-refractivity contribution is 5.21. The van der Waals surface area contributed by atoms with Crippen LogP contribution in [0.25, 0.3) is 0 Å². The van der Waals surface area contributed by atoms with E-state index in [1.54, 1.807) is 13.3 Å². The van der Waals surface area contributed by atoms with Crippen LogP contribution in [0.5, 0.6) is 5.75 Å². The second kappa shape index (κ2) is 5.71. The van der Waals surface area contributed by atoms with Crippen LogP contribution in [-0.2, 0) is 0 Å². The smallest absolute Gasteiger partial charge is 0.122 e. The molecule has 1 aromatic rings. The van der Waals surface area contributed by atoms with Gasteiger partial charge in [-0.05, 0) is 13.0 Å². The molecule has 11 heavy (non-hydrogen) atoms. The normalized spacial score (nSPS) is 8.00. The summed E-state index contributed by atoms with van der Waals surface area (Å²) in [5, 5.41) is 0. The summed E-state index contributed by atoms with van der Waals surface area (Å²) < 4.78 is 4.96. The summed E-state index contributed by atoms with van der Waals surface area (Å²) in [5.41, 5.74) is 0.981. The maximum Gasteiger partial charge on any atom is 0.122 e. The van der Waals surface area contributed by atoms with Crippen molar-refractivity contribution in [2.24, 2.45) is 0 Å². The van der Waals surface area contributed by atoms with Gasteiger partial charge < -0.3 is 4.74 Å². The average Bonchev–Trinajstić information content (AvgIpc) is 2.08. The number of hydrogen-bond donors (Lipinski definition) is 0. The van der Waals surface area contributed by atoms with Crippen molar-refractivity contribution in [3.05, 3.63) is 24.0 Å². The van der Waals surface area contributed by atoms with E-state index in [-0.39, 0.29) is 0 Å². The van der Waals surface area contributed by atoms with Gasteiger partial charge in [-0.2, -0.15) is 0 Å². The molecule has 0 aliphatic heterocycles. The lowest BCUT2D eigenvalue weighted by atomic mass is 10.4. The van der Waals surface area contributed by atoms with Gasteiger partial charge in [-0.15, -0.1) is 0 Å². The minimum atomic E-state index is 0.863. The van der Waals surface area contributed by atoms with Crippen molar-refractivity contribution in [3.63, 3.8) is 0 Å². The van der Waals surface area contributed by atoms with Crippen LogP contribution in [0, 0.1) is 6.92 Å². The molecule has 2 heteroatoms. The standard InChI is InChI=1S/C7H9NO.C2H6/c1-6-5-7(9-2)3-4-8-6;1-2/h3-5H,1-2H3;1-2H3. The number of nitrogens with zero attached hydrogens (tertiary/aromatic N) is 1. The predicted octanol–water partition coefficient (Wildman–Crippen LogP) is 2.42. The third kappa shape index (κ3) is 3.61. The monoisotopic (exact) mass is 153 g/mol. The van der Waals surface area contributed by atoms with Crippen LogP contribution in [-0.4, -0.2) is 12.1 Å². The van der Waals surface area contributed by atoms with Crippen LogP contribution >= 0.6 is 0 Å². The molecule has 0 aliphatic rings. The summed E-state index contributed by atoms with van der Waals surface area (Å²) in [7, 11) is 1.65. The number of hydrogen-bond acceptors (Lipinski definition) is 2. The van der Waals surface area contributed by atoms with Crippen molar-refractivity contribution < 1.29 is 4.74 Å². The molecule has 0 unspecified atom stereocenters. The first-order valence-corrected chi connectivity index (χ1v) is 3.79. The maximum atomic E-state index is 4.96. The van der Waals surface area contributed by atoms with Gasteiger partial charge in [0.15, 0.2) is 0 Å². The molecule has 0 atom stereocenters. The highest BCUT2D eigenvalue weighted by Crippen LogP contribution is 2.07. The van der Waals surface area contributed by atoms with E-state index in [0.29, 0.717) is 0 Å². The molecule has 0 bridgehead atoms. The lowest BCUT2D eigenvalue weighted by Crippen LogP contribution is -1.84. The maximum absolute atomic E-state index is 4.96. The zero-order valence-corrected chi connectivity index (χ0v) is 7.59. The van der Waals surface area contributed by atoms with E-state index in [4.69, 9.17) is 4.74 Å². The molecule has 0 fully saturated rings. The number of ether oxygens (including phenoxy) is 1. The number of aryl methyl sites for hydroxylation is 1. The average molecular weight is 153 g/mol. The number of rotatable bonds is 1. The Morgan fingerprint density at radius 1 is 1.36 bits per heavy atom. The van der Waals surface area contributed by atoms with Crippen molar-refractivity contribution in [1.82, 2.24) is 4.98 Å². The Hall–Kier alpha value is -1.05. The largest absolute Gasteiger partial charge is 0.497 e. The van der Waals surface area contributed by atoms with Crippen LogP contribution in [0.15, 0.2) is 18.3 Å².